The van der Waals surface area contributed by atoms with Crippen LogP contribution in [0, 0.1) is 12.7 Å². The van der Waals surface area contributed by atoms with E-state index in [0.717, 1.165) is 4.88 Å². The summed E-state index contributed by atoms with van der Waals surface area (Å²) in [5, 5.41) is 0. The lowest BCUT2D eigenvalue weighted by Gasteiger charge is -2.36. The van der Waals surface area contributed by atoms with E-state index in [2.05, 4.69) is 0 Å². The average Bonchev–Trinajstić information content (AvgIpc) is 3.12. The lowest BCUT2D eigenvalue weighted by atomic mass is 10.1. The number of carbonyl (C=O) groups excluding carboxylic acids is 3. The van der Waals surface area contributed by atoms with Gasteiger partial charge in [-0.1, -0.05) is 0 Å². The van der Waals surface area contributed by atoms with Gasteiger partial charge in [0.05, 0.1) is 5.69 Å². The number of anilines is 1. The Morgan fingerprint density at radius 3 is 2.39 bits per heavy atom. The first-order valence-electron chi connectivity index (χ1n) is 8.92. The van der Waals surface area contributed by atoms with Crippen molar-refractivity contribution >= 4 is 34.7 Å². The topological polar surface area (TPSA) is 66.9 Å². The first kappa shape index (κ1) is 20.0. The van der Waals surface area contributed by atoms with Crippen molar-refractivity contribution in [2.45, 2.75) is 13.8 Å². The van der Waals surface area contributed by atoms with Crippen molar-refractivity contribution in [2.75, 3.05) is 37.7 Å². The van der Waals surface area contributed by atoms with Crippen molar-refractivity contribution in [1.82, 2.24) is 4.90 Å². The van der Waals surface area contributed by atoms with Crippen LogP contribution in [0.2, 0.25) is 0 Å². The Morgan fingerprint density at radius 2 is 1.82 bits per heavy atom. The maximum absolute atomic E-state index is 14.3. The first-order chi connectivity index (χ1) is 13.3. The number of amides is 1. The third-order valence-electron chi connectivity index (χ3n) is 4.60. The van der Waals surface area contributed by atoms with Crippen molar-refractivity contribution in [3.8, 4) is 0 Å². The zero-order valence-corrected chi connectivity index (χ0v) is 16.6. The van der Waals surface area contributed by atoms with Gasteiger partial charge in [-0.15, -0.1) is 11.3 Å². The van der Waals surface area contributed by atoms with Gasteiger partial charge in [-0.05, 0) is 44.2 Å². The molecule has 2 heterocycles. The molecule has 8 heteroatoms. The van der Waals surface area contributed by atoms with Crippen molar-refractivity contribution in [3.05, 3.63) is 51.5 Å². The number of rotatable bonds is 5. The zero-order chi connectivity index (χ0) is 20.3. The molecule has 0 bridgehead atoms. The molecule has 3 rings (SSSR count). The Hall–Kier alpha value is -2.74. The SMILES string of the molecule is CC(=O)c1ccc(N2CCN(C(=O)COC(=O)c3ccc(C)s3)CC2)c(F)c1. The van der Waals surface area contributed by atoms with Crippen LogP contribution < -0.4 is 4.90 Å². The molecule has 28 heavy (non-hydrogen) atoms. The molecule has 1 aromatic heterocycles. The highest BCUT2D eigenvalue weighted by atomic mass is 32.1. The Morgan fingerprint density at radius 1 is 1.11 bits per heavy atom. The van der Waals surface area contributed by atoms with Crippen LogP contribution in [0.3, 0.4) is 0 Å². The van der Waals surface area contributed by atoms with Gasteiger partial charge in [0.25, 0.3) is 5.91 Å². The number of halogens is 1. The molecule has 0 unspecified atom stereocenters. The van der Waals surface area contributed by atoms with Gasteiger partial charge >= 0.3 is 5.97 Å². The summed E-state index contributed by atoms with van der Waals surface area (Å²) in [5.74, 6) is -1.41. The smallest absolute Gasteiger partial charge is 0.348 e. The summed E-state index contributed by atoms with van der Waals surface area (Å²) in [6.07, 6.45) is 0. The number of ether oxygens (including phenoxy) is 1. The van der Waals surface area contributed by atoms with Crippen LogP contribution in [0.4, 0.5) is 10.1 Å². The molecule has 1 saturated heterocycles. The van der Waals surface area contributed by atoms with Crippen LogP contribution in [0.15, 0.2) is 30.3 Å². The lowest BCUT2D eigenvalue weighted by molar-refractivity contribution is -0.134. The van der Waals surface area contributed by atoms with Gasteiger partial charge in [0, 0.05) is 36.6 Å². The second-order valence-electron chi connectivity index (χ2n) is 6.58. The largest absolute Gasteiger partial charge is 0.451 e. The Labute approximate surface area is 166 Å². The van der Waals surface area contributed by atoms with Crippen LogP contribution in [-0.2, 0) is 9.53 Å². The van der Waals surface area contributed by atoms with E-state index in [-0.39, 0.29) is 18.3 Å². The molecule has 1 aromatic carbocycles. The zero-order valence-electron chi connectivity index (χ0n) is 15.7. The summed E-state index contributed by atoms with van der Waals surface area (Å²) in [5.41, 5.74) is 0.745. The van der Waals surface area contributed by atoms with Crippen LogP contribution in [-0.4, -0.2) is 55.3 Å². The number of esters is 1. The van der Waals surface area contributed by atoms with E-state index in [4.69, 9.17) is 4.74 Å². The molecule has 1 aliphatic heterocycles. The molecule has 0 spiro atoms. The number of nitrogens with zero attached hydrogens (tertiary/aromatic N) is 2. The minimum atomic E-state index is -0.502. The minimum Gasteiger partial charge on any atom is -0.451 e. The van der Waals surface area contributed by atoms with E-state index >= 15 is 0 Å². The van der Waals surface area contributed by atoms with Gasteiger partial charge in [-0.3, -0.25) is 9.59 Å². The number of hydrogen-bond acceptors (Lipinski definition) is 6. The summed E-state index contributed by atoms with van der Waals surface area (Å²) < 4.78 is 19.4. The molecule has 0 N–H and O–H groups in total. The normalized spacial score (nSPS) is 14.1. The molecule has 0 saturated carbocycles. The van der Waals surface area contributed by atoms with Crippen molar-refractivity contribution in [3.63, 3.8) is 0 Å². The summed E-state index contributed by atoms with van der Waals surface area (Å²) in [4.78, 5) is 40.5. The number of ketones is 1. The maximum Gasteiger partial charge on any atom is 0.348 e. The number of benzene rings is 1. The summed E-state index contributed by atoms with van der Waals surface area (Å²) in [6.45, 7) is 4.70. The third-order valence-corrected chi connectivity index (χ3v) is 5.58. The van der Waals surface area contributed by atoms with E-state index in [0.29, 0.717) is 42.3 Å². The van der Waals surface area contributed by atoms with Crippen LogP contribution in [0.1, 0.15) is 31.8 Å². The second-order valence-corrected chi connectivity index (χ2v) is 7.86. The highest BCUT2D eigenvalue weighted by molar-refractivity contribution is 7.13. The van der Waals surface area contributed by atoms with Gasteiger partial charge in [0.15, 0.2) is 12.4 Å². The van der Waals surface area contributed by atoms with Crippen LogP contribution in [0.25, 0.3) is 0 Å². The predicted octanol–water partition coefficient (Wildman–Crippen LogP) is 2.90. The number of thiophene rings is 1. The first-order valence-corrected chi connectivity index (χ1v) is 9.73. The lowest BCUT2D eigenvalue weighted by Crippen LogP contribution is -2.50. The molecule has 148 valence electrons. The molecule has 0 radical (unpaired) electrons. The molecule has 1 amide bonds. The number of Topliss-reactive ketones (excluding diaryl/α,β-unsaturated/α-hetero) is 1. The second kappa shape index (κ2) is 8.52. The Bertz CT molecular complexity index is 903. The molecule has 0 atom stereocenters. The molecule has 2 aromatic rings. The molecule has 0 aliphatic carbocycles. The van der Waals surface area contributed by atoms with Gasteiger partial charge in [-0.25, -0.2) is 9.18 Å². The fourth-order valence-corrected chi connectivity index (χ4v) is 3.77. The van der Waals surface area contributed by atoms with E-state index in [9.17, 15) is 18.8 Å². The fraction of sp³-hybridized carbons (Fsp3) is 0.350. The average molecular weight is 404 g/mol. The van der Waals surface area contributed by atoms with E-state index in [1.807, 2.05) is 17.9 Å². The maximum atomic E-state index is 14.3. The molecule has 1 aliphatic rings. The number of carbonyl (C=O) groups is 3. The van der Waals surface area contributed by atoms with Crippen LogP contribution >= 0.6 is 11.3 Å². The monoisotopic (exact) mass is 404 g/mol. The van der Waals surface area contributed by atoms with Crippen molar-refractivity contribution < 1.29 is 23.5 Å². The van der Waals surface area contributed by atoms with E-state index in [1.165, 1.54) is 24.3 Å². The Balaban J connectivity index is 1.51. The van der Waals surface area contributed by atoms with Gasteiger partial charge < -0.3 is 14.5 Å². The molecular formula is C20H21FN2O4S. The van der Waals surface area contributed by atoms with Gasteiger partial charge in [0.2, 0.25) is 0 Å². The predicted molar refractivity (Wildman–Crippen MR) is 105 cm³/mol. The minimum absolute atomic E-state index is 0.187. The highest BCUT2D eigenvalue weighted by Gasteiger charge is 2.24. The number of piperazine rings is 1. The van der Waals surface area contributed by atoms with Gasteiger partial charge in [0.1, 0.15) is 10.7 Å². The molecule has 6 nitrogen and oxygen atoms in total. The molecule has 1 fully saturated rings. The summed E-state index contributed by atoms with van der Waals surface area (Å²) in [7, 11) is 0. The van der Waals surface area contributed by atoms with Crippen LogP contribution in [0.5, 0.6) is 0 Å². The van der Waals surface area contributed by atoms with Crippen molar-refractivity contribution in [1.29, 1.82) is 0 Å². The third kappa shape index (κ3) is 4.56. The number of aryl methyl sites for hydroxylation is 1. The van der Waals surface area contributed by atoms with E-state index < -0.39 is 11.8 Å². The van der Waals surface area contributed by atoms with Crippen molar-refractivity contribution in [2.24, 2.45) is 0 Å². The summed E-state index contributed by atoms with van der Waals surface area (Å²) in [6, 6.07) is 7.93. The van der Waals surface area contributed by atoms with E-state index in [1.54, 1.807) is 23.1 Å². The quantitative estimate of drug-likeness (QED) is 0.566. The highest BCUT2D eigenvalue weighted by Crippen LogP contribution is 2.22. The fourth-order valence-electron chi connectivity index (χ4n) is 3.01. The Kier molecular flexibility index (Phi) is 6.08. The van der Waals surface area contributed by atoms with Gasteiger partial charge in [-0.2, -0.15) is 0 Å². The summed E-state index contributed by atoms with van der Waals surface area (Å²) >= 11 is 1.32. The molecular weight excluding hydrogens is 383 g/mol. The standard InChI is InChI=1S/C20H21FN2O4S/c1-13-3-6-18(28-13)20(26)27-12-19(25)23-9-7-22(8-10-23)17-5-4-15(14(2)24)11-16(17)21/h3-6,11H,7-10,12H2,1-2H3. The number of hydrogen-bond donors (Lipinski definition) is 0.